The van der Waals surface area contributed by atoms with E-state index in [-0.39, 0.29) is 5.92 Å². The van der Waals surface area contributed by atoms with E-state index >= 15 is 0 Å². The molecule has 1 aliphatic rings. The van der Waals surface area contributed by atoms with Crippen LogP contribution in [0.5, 0.6) is 0 Å². The molecular formula is C20H17N9. The standard InChI is InChI=1S/C20H17N9/c1-27-11-15(9-24-27)17-13-28-18(2-5-23-28)19(26-17)16-10-25-29(12-16)20(3-4-21)6-14(7-20)8-22/h2,5,9-14H,3,6-7H2,1H3. The normalized spacial score (nSPS) is 20.9. The second kappa shape index (κ2) is 6.28. The van der Waals surface area contributed by atoms with E-state index in [4.69, 9.17) is 10.2 Å². The Labute approximate surface area is 166 Å². The zero-order valence-electron chi connectivity index (χ0n) is 15.8. The summed E-state index contributed by atoms with van der Waals surface area (Å²) in [6.07, 6.45) is 12.6. The molecule has 0 atom stereocenters. The zero-order valence-corrected chi connectivity index (χ0v) is 15.8. The molecular weight excluding hydrogens is 366 g/mol. The maximum Gasteiger partial charge on any atom is 0.0999 e. The molecule has 0 bridgehead atoms. The van der Waals surface area contributed by atoms with E-state index in [0.29, 0.717) is 19.3 Å². The summed E-state index contributed by atoms with van der Waals surface area (Å²) in [6, 6.07) is 6.45. The van der Waals surface area contributed by atoms with Crippen molar-refractivity contribution < 1.29 is 0 Å². The first-order chi connectivity index (χ1) is 14.1. The van der Waals surface area contributed by atoms with Crippen LogP contribution in [0.3, 0.4) is 0 Å². The van der Waals surface area contributed by atoms with Gasteiger partial charge >= 0.3 is 0 Å². The van der Waals surface area contributed by atoms with Crippen LogP contribution in [0.15, 0.2) is 43.2 Å². The van der Waals surface area contributed by atoms with Gasteiger partial charge in [0.25, 0.3) is 0 Å². The predicted molar refractivity (Wildman–Crippen MR) is 103 cm³/mol. The first-order valence-corrected chi connectivity index (χ1v) is 9.27. The Morgan fingerprint density at radius 1 is 1.10 bits per heavy atom. The van der Waals surface area contributed by atoms with Crippen LogP contribution in [0.25, 0.3) is 28.0 Å². The van der Waals surface area contributed by atoms with E-state index in [0.717, 1.165) is 28.0 Å². The fourth-order valence-corrected chi connectivity index (χ4v) is 4.04. The lowest BCUT2D eigenvalue weighted by Crippen LogP contribution is -2.46. The van der Waals surface area contributed by atoms with Crippen LogP contribution >= 0.6 is 0 Å². The largest absolute Gasteiger partial charge is 0.275 e. The van der Waals surface area contributed by atoms with Crippen molar-refractivity contribution in [2.75, 3.05) is 0 Å². The highest BCUT2D eigenvalue weighted by molar-refractivity contribution is 5.78. The van der Waals surface area contributed by atoms with E-state index in [1.54, 1.807) is 27.8 Å². The molecule has 1 fully saturated rings. The van der Waals surface area contributed by atoms with E-state index in [1.165, 1.54) is 0 Å². The number of rotatable bonds is 4. The molecule has 0 aromatic carbocycles. The molecule has 0 unspecified atom stereocenters. The molecule has 0 saturated heterocycles. The molecule has 1 aliphatic carbocycles. The smallest absolute Gasteiger partial charge is 0.0999 e. The van der Waals surface area contributed by atoms with Gasteiger partial charge in [-0.05, 0) is 18.9 Å². The summed E-state index contributed by atoms with van der Waals surface area (Å²) in [4.78, 5) is 4.86. The molecule has 0 spiro atoms. The highest BCUT2D eigenvalue weighted by Crippen LogP contribution is 2.46. The van der Waals surface area contributed by atoms with Gasteiger partial charge in [-0.2, -0.15) is 25.8 Å². The van der Waals surface area contributed by atoms with E-state index < -0.39 is 5.54 Å². The lowest BCUT2D eigenvalue weighted by Gasteiger charge is -2.43. The number of hydrogen-bond acceptors (Lipinski definition) is 6. The Kier molecular flexibility index (Phi) is 3.71. The molecule has 5 rings (SSSR count). The number of aromatic nitrogens is 7. The van der Waals surface area contributed by atoms with Gasteiger partial charge in [-0.25, -0.2) is 9.50 Å². The second-order valence-corrected chi connectivity index (χ2v) is 7.51. The summed E-state index contributed by atoms with van der Waals surface area (Å²) >= 11 is 0. The van der Waals surface area contributed by atoms with Gasteiger partial charge in [0.05, 0.1) is 71.7 Å². The molecule has 29 heavy (non-hydrogen) atoms. The van der Waals surface area contributed by atoms with Crippen molar-refractivity contribution >= 4 is 5.52 Å². The van der Waals surface area contributed by atoms with Gasteiger partial charge in [0.15, 0.2) is 0 Å². The molecule has 4 heterocycles. The second-order valence-electron chi connectivity index (χ2n) is 7.51. The van der Waals surface area contributed by atoms with E-state index in [2.05, 4.69) is 27.4 Å². The third-order valence-corrected chi connectivity index (χ3v) is 5.58. The first kappa shape index (κ1) is 17.1. The molecule has 4 aromatic rings. The van der Waals surface area contributed by atoms with Crippen LogP contribution in [-0.2, 0) is 12.6 Å². The fourth-order valence-electron chi connectivity index (χ4n) is 4.04. The molecule has 1 saturated carbocycles. The summed E-state index contributed by atoms with van der Waals surface area (Å²) in [7, 11) is 1.86. The van der Waals surface area contributed by atoms with Crippen molar-refractivity contribution in [2.24, 2.45) is 13.0 Å². The van der Waals surface area contributed by atoms with Crippen molar-refractivity contribution in [1.29, 1.82) is 10.5 Å². The third-order valence-electron chi connectivity index (χ3n) is 5.58. The van der Waals surface area contributed by atoms with Gasteiger partial charge in [-0.15, -0.1) is 0 Å². The number of nitriles is 2. The Morgan fingerprint density at radius 2 is 1.93 bits per heavy atom. The first-order valence-electron chi connectivity index (χ1n) is 9.27. The van der Waals surface area contributed by atoms with Crippen molar-refractivity contribution in [3.05, 3.63) is 43.2 Å². The van der Waals surface area contributed by atoms with Gasteiger partial charge in [-0.3, -0.25) is 9.36 Å². The summed E-state index contributed by atoms with van der Waals surface area (Å²) in [5.74, 6) is -0.0235. The topological polar surface area (TPSA) is 113 Å². The number of nitrogens with zero attached hydrogens (tertiary/aromatic N) is 9. The van der Waals surface area contributed by atoms with Crippen LogP contribution in [0.1, 0.15) is 19.3 Å². The van der Waals surface area contributed by atoms with Crippen molar-refractivity contribution in [1.82, 2.24) is 34.2 Å². The molecule has 4 aromatic heterocycles. The summed E-state index contributed by atoms with van der Waals surface area (Å²) in [5, 5.41) is 31.6. The molecule has 142 valence electrons. The zero-order chi connectivity index (χ0) is 20.0. The summed E-state index contributed by atoms with van der Waals surface area (Å²) < 4.78 is 5.36. The molecule has 0 N–H and O–H groups in total. The Balaban J connectivity index is 1.59. The monoisotopic (exact) mass is 383 g/mol. The predicted octanol–water partition coefficient (Wildman–Crippen LogP) is 2.54. The van der Waals surface area contributed by atoms with Gasteiger partial charge in [-0.1, -0.05) is 0 Å². The van der Waals surface area contributed by atoms with Crippen molar-refractivity contribution in [3.63, 3.8) is 0 Å². The van der Waals surface area contributed by atoms with Crippen LogP contribution in [0.2, 0.25) is 0 Å². The lowest BCUT2D eigenvalue weighted by atomic mass is 9.67. The molecule has 0 aliphatic heterocycles. The molecule has 0 amide bonds. The van der Waals surface area contributed by atoms with Crippen molar-refractivity contribution in [2.45, 2.75) is 24.8 Å². The number of hydrogen-bond donors (Lipinski definition) is 0. The Hall–Kier alpha value is -3.98. The third kappa shape index (κ3) is 2.67. The molecule has 9 nitrogen and oxygen atoms in total. The molecule has 9 heteroatoms. The van der Waals surface area contributed by atoms with Gasteiger partial charge < -0.3 is 0 Å². The number of aryl methyl sites for hydroxylation is 1. The van der Waals surface area contributed by atoms with Crippen LogP contribution < -0.4 is 0 Å². The number of fused-ring (bicyclic) bond motifs is 1. The minimum Gasteiger partial charge on any atom is -0.275 e. The quantitative estimate of drug-likeness (QED) is 0.535. The summed E-state index contributed by atoms with van der Waals surface area (Å²) in [5.41, 5.74) is 3.73. The van der Waals surface area contributed by atoms with Gasteiger partial charge in [0.1, 0.15) is 0 Å². The van der Waals surface area contributed by atoms with Gasteiger partial charge in [0.2, 0.25) is 0 Å². The highest BCUT2D eigenvalue weighted by Gasteiger charge is 2.46. The highest BCUT2D eigenvalue weighted by atomic mass is 15.3. The lowest BCUT2D eigenvalue weighted by molar-refractivity contribution is 0.0882. The SMILES string of the molecule is Cn1cc(-c2cn3nccc3c(-c3cnn(C4(CC#N)CC(C#N)C4)c3)n2)cn1. The van der Waals surface area contributed by atoms with Crippen LogP contribution in [-0.4, -0.2) is 34.2 Å². The van der Waals surface area contributed by atoms with Crippen LogP contribution in [0, 0.1) is 28.6 Å². The van der Waals surface area contributed by atoms with Crippen molar-refractivity contribution in [3.8, 4) is 34.7 Å². The minimum atomic E-state index is -0.412. The summed E-state index contributed by atoms with van der Waals surface area (Å²) in [6.45, 7) is 0. The fraction of sp³-hybridized carbons (Fsp3) is 0.300. The Bertz CT molecular complexity index is 1290. The average molecular weight is 383 g/mol. The minimum absolute atomic E-state index is 0.0235. The Morgan fingerprint density at radius 3 is 2.66 bits per heavy atom. The average Bonchev–Trinajstić information content (AvgIpc) is 3.43. The van der Waals surface area contributed by atoms with E-state index in [1.807, 2.05) is 36.4 Å². The van der Waals surface area contributed by atoms with E-state index in [9.17, 15) is 5.26 Å². The molecule has 0 radical (unpaired) electrons. The van der Waals surface area contributed by atoms with Gasteiger partial charge in [0, 0.05) is 30.6 Å². The maximum absolute atomic E-state index is 9.28. The van der Waals surface area contributed by atoms with Crippen LogP contribution in [0.4, 0.5) is 0 Å². The maximum atomic E-state index is 9.28.